The van der Waals surface area contributed by atoms with E-state index in [4.69, 9.17) is 11.6 Å². The summed E-state index contributed by atoms with van der Waals surface area (Å²) in [4.78, 5) is 0. The van der Waals surface area contributed by atoms with E-state index < -0.39 is 0 Å². The highest BCUT2D eigenvalue weighted by molar-refractivity contribution is 6.21. The fourth-order valence-corrected chi connectivity index (χ4v) is 2.55. The number of benzene rings is 2. The smallest absolute Gasteiger partial charge is 0.0628 e. The van der Waals surface area contributed by atoms with Crippen LogP contribution in [0.25, 0.3) is 0 Å². The summed E-state index contributed by atoms with van der Waals surface area (Å²) in [5.74, 6) is 0. The van der Waals surface area contributed by atoms with Gasteiger partial charge in [-0.3, -0.25) is 0 Å². The summed E-state index contributed by atoms with van der Waals surface area (Å²) < 4.78 is 0. The minimum atomic E-state index is 0.0487. The van der Waals surface area contributed by atoms with Crippen molar-refractivity contribution in [2.75, 3.05) is 0 Å². The molecule has 0 aliphatic rings. The molecule has 18 heavy (non-hydrogen) atoms. The van der Waals surface area contributed by atoms with E-state index in [2.05, 4.69) is 63.2 Å². The van der Waals surface area contributed by atoms with E-state index in [0.29, 0.717) is 0 Å². The Morgan fingerprint density at radius 1 is 0.889 bits per heavy atom. The molecule has 0 aliphatic heterocycles. The van der Waals surface area contributed by atoms with E-state index in [1.54, 1.807) is 0 Å². The number of alkyl halides is 1. The number of halogens is 1. The summed E-state index contributed by atoms with van der Waals surface area (Å²) in [5, 5.41) is 0.0487. The molecule has 1 atom stereocenters. The van der Waals surface area contributed by atoms with Crippen LogP contribution >= 0.6 is 11.6 Å². The van der Waals surface area contributed by atoms with Gasteiger partial charge in [0.25, 0.3) is 0 Å². The topological polar surface area (TPSA) is 0 Å². The first-order valence-electron chi connectivity index (χ1n) is 6.33. The molecule has 0 saturated carbocycles. The fraction of sp³-hybridized carbons (Fsp3) is 0.294. The SMILES string of the molecule is Cc1ccc(CC(Cl)c2cc(C)ccc2C)cc1. The van der Waals surface area contributed by atoms with Crippen LogP contribution in [-0.4, -0.2) is 0 Å². The molecule has 2 rings (SSSR count). The van der Waals surface area contributed by atoms with Gasteiger partial charge in [0, 0.05) is 0 Å². The monoisotopic (exact) mass is 258 g/mol. The maximum atomic E-state index is 6.56. The molecular weight excluding hydrogens is 240 g/mol. The molecule has 1 unspecified atom stereocenters. The first-order chi connectivity index (χ1) is 8.56. The maximum Gasteiger partial charge on any atom is 0.0628 e. The Kier molecular flexibility index (Phi) is 4.08. The van der Waals surface area contributed by atoms with Gasteiger partial charge in [-0.05, 0) is 43.9 Å². The lowest BCUT2D eigenvalue weighted by atomic mass is 9.98. The van der Waals surface area contributed by atoms with Gasteiger partial charge < -0.3 is 0 Å². The van der Waals surface area contributed by atoms with E-state index in [-0.39, 0.29) is 5.38 Å². The Morgan fingerprint density at radius 3 is 2.17 bits per heavy atom. The number of aryl methyl sites for hydroxylation is 3. The van der Waals surface area contributed by atoms with Crippen molar-refractivity contribution in [3.63, 3.8) is 0 Å². The van der Waals surface area contributed by atoms with Gasteiger partial charge in [-0.2, -0.15) is 0 Å². The molecule has 0 spiro atoms. The van der Waals surface area contributed by atoms with Crippen LogP contribution in [0.5, 0.6) is 0 Å². The second-order valence-electron chi connectivity index (χ2n) is 5.02. The van der Waals surface area contributed by atoms with Crippen molar-refractivity contribution in [3.8, 4) is 0 Å². The quantitative estimate of drug-likeness (QED) is 0.669. The van der Waals surface area contributed by atoms with Gasteiger partial charge in [0.1, 0.15) is 0 Å². The van der Waals surface area contributed by atoms with Gasteiger partial charge in [0.05, 0.1) is 5.38 Å². The zero-order chi connectivity index (χ0) is 13.1. The Labute approximate surface area is 115 Å². The first kappa shape index (κ1) is 13.2. The lowest BCUT2D eigenvalue weighted by molar-refractivity contribution is 0.907. The van der Waals surface area contributed by atoms with Crippen molar-refractivity contribution in [2.24, 2.45) is 0 Å². The lowest BCUT2D eigenvalue weighted by Crippen LogP contribution is -1.99. The summed E-state index contributed by atoms with van der Waals surface area (Å²) in [5.41, 5.74) is 6.37. The third-order valence-electron chi connectivity index (χ3n) is 3.31. The number of hydrogen-bond donors (Lipinski definition) is 0. The summed E-state index contributed by atoms with van der Waals surface area (Å²) >= 11 is 6.56. The zero-order valence-electron chi connectivity index (χ0n) is 11.2. The predicted octanol–water partition coefficient (Wildman–Crippen LogP) is 5.13. The van der Waals surface area contributed by atoms with Crippen molar-refractivity contribution in [1.82, 2.24) is 0 Å². The fourth-order valence-electron chi connectivity index (χ4n) is 2.14. The van der Waals surface area contributed by atoms with Crippen molar-refractivity contribution in [2.45, 2.75) is 32.6 Å². The van der Waals surface area contributed by atoms with E-state index in [1.807, 2.05) is 0 Å². The van der Waals surface area contributed by atoms with Crippen molar-refractivity contribution in [3.05, 3.63) is 70.3 Å². The number of hydrogen-bond acceptors (Lipinski definition) is 0. The summed E-state index contributed by atoms with van der Waals surface area (Å²) in [6.45, 7) is 6.34. The molecule has 0 N–H and O–H groups in total. The second kappa shape index (κ2) is 5.58. The van der Waals surface area contributed by atoms with Crippen LogP contribution < -0.4 is 0 Å². The minimum absolute atomic E-state index is 0.0487. The average Bonchev–Trinajstić information content (AvgIpc) is 2.35. The molecule has 1 heteroatoms. The van der Waals surface area contributed by atoms with Crippen molar-refractivity contribution < 1.29 is 0 Å². The third-order valence-corrected chi connectivity index (χ3v) is 3.70. The van der Waals surface area contributed by atoms with Crippen LogP contribution in [0.1, 0.15) is 33.2 Å². The molecule has 2 aromatic carbocycles. The average molecular weight is 259 g/mol. The van der Waals surface area contributed by atoms with Gasteiger partial charge in [0.15, 0.2) is 0 Å². The standard InChI is InChI=1S/C17H19Cl/c1-12-5-8-15(9-6-12)11-17(18)16-10-13(2)4-7-14(16)3/h4-10,17H,11H2,1-3H3. The zero-order valence-corrected chi connectivity index (χ0v) is 12.0. The van der Waals surface area contributed by atoms with Gasteiger partial charge in [-0.1, -0.05) is 53.6 Å². The van der Waals surface area contributed by atoms with Gasteiger partial charge in [-0.25, -0.2) is 0 Å². The summed E-state index contributed by atoms with van der Waals surface area (Å²) in [6.07, 6.45) is 0.881. The van der Waals surface area contributed by atoms with Crippen LogP contribution in [0.15, 0.2) is 42.5 Å². The highest BCUT2D eigenvalue weighted by atomic mass is 35.5. The molecule has 0 radical (unpaired) electrons. The molecule has 0 aliphatic carbocycles. The highest BCUT2D eigenvalue weighted by Crippen LogP contribution is 2.28. The van der Waals surface area contributed by atoms with Gasteiger partial charge in [-0.15, -0.1) is 11.6 Å². The van der Waals surface area contributed by atoms with E-state index >= 15 is 0 Å². The van der Waals surface area contributed by atoms with E-state index in [1.165, 1.54) is 27.8 Å². The molecule has 0 aromatic heterocycles. The molecule has 0 amide bonds. The maximum absolute atomic E-state index is 6.56. The van der Waals surface area contributed by atoms with Crippen LogP contribution in [-0.2, 0) is 6.42 Å². The molecule has 0 fully saturated rings. The minimum Gasteiger partial charge on any atom is -0.117 e. The van der Waals surface area contributed by atoms with Crippen LogP contribution in [0, 0.1) is 20.8 Å². The van der Waals surface area contributed by atoms with Crippen molar-refractivity contribution >= 4 is 11.6 Å². The summed E-state index contributed by atoms with van der Waals surface area (Å²) in [6, 6.07) is 15.1. The molecule has 0 nitrogen and oxygen atoms in total. The van der Waals surface area contributed by atoms with Crippen LogP contribution in [0.4, 0.5) is 0 Å². The molecule has 0 saturated heterocycles. The Bertz CT molecular complexity index is 526. The first-order valence-corrected chi connectivity index (χ1v) is 6.76. The van der Waals surface area contributed by atoms with Crippen LogP contribution in [0.2, 0.25) is 0 Å². The normalized spacial score (nSPS) is 12.4. The van der Waals surface area contributed by atoms with E-state index in [9.17, 15) is 0 Å². The summed E-state index contributed by atoms with van der Waals surface area (Å²) in [7, 11) is 0. The van der Waals surface area contributed by atoms with Gasteiger partial charge >= 0.3 is 0 Å². The Morgan fingerprint density at radius 2 is 1.50 bits per heavy atom. The number of rotatable bonds is 3. The third kappa shape index (κ3) is 3.14. The van der Waals surface area contributed by atoms with Gasteiger partial charge in [0.2, 0.25) is 0 Å². The molecule has 2 aromatic rings. The molecule has 0 bridgehead atoms. The largest absolute Gasteiger partial charge is 0.117 e. The van der Waals surface area contributed by atoms with E-state index in [0.717, 1.165) is 6.42 Å². The Hall–Kier alpha value is -1.27. The Balaban J connectivity index is 2.18. The van der Waals surface area contributed by atoms with Crippen LogP contribution in [0.3, 0.4) is 0 Å². The molecular formula is C17H19Cl. The van der Waals surface area contributed by atoms with Crippen molar-refractivity contribution in [1.29, 1.82) is 0 Å². The lowest BCUT2D eigenvalue weighted by Gasteiger charge is -2.14. The highest BCUT2D eigenvalue weighted by Gasteiger charge is 2.11. The second-order valence-corrected chi connectivity index (χ2v) is 5.54. The molecule has 94 valence electrons. The molecule has 0 heterocycles. The predicted molar refractivity (Wildman–Crippen MR) is 79.4 cm³/mol.